The van der Waals surface area contributed by atoms with Crippen LogP contribution in [0.4, 0.5) is 5.69 Å². The molecule has 2 fully saturated rings. The van der Waals surface area contributed by atoms with E-state index in [1.54, 1.807) is 4.90 Å². The number of hydrogen-bond acceptors (Lipinski definition) is 7. The molecular formula is C30H46N4O8. The summed E-state index contributed by atoms with van der Waals surface area (Å²) in [5.74, 6) is -3.82. The standard InChI is InChI=1S/C28H44N4O4.C2H2O4/c1-3-29(4-2)20-11-21-30(28(34)23-16-18-26(19-17-23)32(35)36)22-27(33)31(24-12-7-5-8-13-24)25-14-9-6-10-15-25;3-1(4)2(5)6/h16-19,24-25H,3-15,20-22H2,1-2H3;(H,3,4)(H,5,6). The minimum Gasteiger partial charge on any atom is -0.473 e. The first-order valence-electron chi connectivity index (χ1n) is 15.1. The zero-order chi connectivity index (χ0) is 31.1. The van der Waals surface area contributed by atoms with Crippen LogP contribution in [0.2, 0.25) is 0 Å². The van der Waals surface area contributed by atoms with Gasteiger partial charge in [0.15, 0.2) is 0 Å². The Hall–Kier alpha value is -3.54. The van der Waals surface area contributed by atoms with Gasteiger partial charge in [0, 0.05) is 36.3 Å². The van der Waals surface area contributed by atoms with Crippen LogP contribution in [0.1, 0.15) is 94.8 Å². The van der Waals surface area contributed by atoms with Crippen LogP contribution in [0.5, 0.6) is 0 Å². The summed E-state index contributed by atoms with van der Waals surface area (Å²) in [6.07, 6.45) is 12.1. The molecule has 0 radical (unpaired) electrons. The predicted molar refractivity (Wildman–Crippen MR) is 157 cm³/mol. The quantitative estimate of drug-likeness (QED) is 0.204. The van der Waals surface area contributed by atoms with Crippen molar-refractivity contribution in [3.63, 3.8) is 0 Å². The predicted octanol–water partition coefficient (Wildman–Crippen LogP) is 4.42. The Morgan fingerprint density at radius 2 is 1.29 bits per heavy atom. The minimum atomic E-state index is -1.82. The van der Waals surface area contributed by atoms with Crippen molar-refractivity contribution >= 4 is 29.4 Å². The topological polar surface area (TPSA) is 162 Å². The molecule has 2 saturated carbocycles. The summed E-state index contributed by atoms with van der Waals surface area (Å²) in [7, 11) is 0. The van der Waals surface area contributed by atoms with Gasteiger partial charge >= 0.3 is 11.9 Å². The van der Waals surface area contributed by atoms with Crippen molar-refractivity contribution in [3.8, 4) is 0 Å². The average Bonchev–Trinajstić information content (AvgIpc) is 3.00. The van der Waals surface area contributed by atoms with E-state index >= 15 is 0 Å². The molecule has 2 amide bonds. The first-order valence-corrected chi connectivity index (χ1v) is 15.1. The summed E-state index contributed by atoms with van der Waals surface area (Å²) in [6, 6.07) is 6.28. The Kier molecular flexibility index (Phi) is 14.9. The van der Waals surface area contributed by atoms with Crippen molar-refractivity contribution in [2.75, 3.05) is 32.7 Å². The van der Waals surface area contributed by atoms with Gasteiger partial charge in [-0.05, 0) is 63.9 Å². The second kappa shape index (κ2) is 18.1. The molecule has 2 N–H and O–H groups in total. The van der Waals surface area contributed by atoms with Crippen molar-refractivity contribution in [2.24, 2.45) is 0 Å². The maximum atomic E-state index is 13.9. The van der Waals surface area contributed by atoms with Crippen LogP contribution in [-0.2, 0) is 14.4 Å². The van der Waals surface area contributed by atoms with E-state index in [9.17, 15) is 19.7 Å². The second-order valence-electron chi connectivity index (χ2n) is 10.9. The van der Waals surface area contributed by atoms with E-state index in [4.69, 9.17) is 19.8 Å². The van der Waals surface area contributed by atoms with E-state index in [0.717, 1.165) is 77.4 Å². The third-order valence-electron chi connectivity index (χ3n) is 8.14. The van der Waals surface area contributed by atoms with Crippen LogP contribution in [-0.4, -0.2) is 98.4 Å². The summed E-state index contributed by atoms with van der Waals surface area (Å²) in [4.78, 5) is 62.3. The van der Waals surface area contributed by atoms with Crippen molar-refractivity contribution in [2.45, 2.75) is 96.6 Å². The number of nitrogens with zero attached hydrogens (tertiary/aromatic N) is 4. The maximum Gasteiger partial charge on any atom is 0.414 e. The molecule has 0 bridgehead atoms. The molecule has 0 spiro atoms. The lowest BCUT2D eigenvalue weighted by atomic mass is 9.88. The highest BCUT2D eigenvalue weighted by atomic mass is 16.6. The molecular weight excluding hydrogens is 544 g/mol. The Morgan fingerprint density at radius 3 is 1.69 bits per heavy atom. The Bertz CT molecular complexity index is 1000. The highest BCUT2D eigenvalue weighted by molar-refractivity contribution is 6.27. The van der Waals surface area contributed by atoms with Gasteiger partial charge in [0.05, 0.1) is 4.92 Å². The summed E-state index contributed by atoms with van der Waals surface area (Å²) < 4.78 is 0. The fourth-order valence-corrected chi connectivity index (χ4v) is 5.85. The largest absolute Gasteiger partial charge is 0.473 e. The fraction of sp³-hybridized carbons (Fsp3) is 0.667. The second-order valence-corrected chi connectivity index (χ2v) is 10.9. The van der Waals surface area contributed by atoms with E-state index < -0.39 is 16.9 Å². The summed E-state index contributed by atoms with van der Waals surface area (Å²) in [6.45, 7) is 7.56. The summed E-state index contributed by atoms with van der Waals surface area (Å²) >= 11 is 0. The van der Waals surface area contributed by atoms with Crippen LogP contribution < -0.4 is 0 Å². The van der Waals surface area contributed by atoms with Crippen molar-refractivity contribution in [1.29, 1.82) is 0 Å². The minimum absolute atomic E-state index is 0.0449. The van der Waals surface area contributed by atoms with Gasteiger partial charge in [0.1, 0.15) is 6.54 Å². The van der Waals surface area contributed by atoms with Crippen LogP contribution in [0.25, 0.3) is 0 Å². The molecule has 0 unspecified atom stereocenters. The van der Waals surface area contributed by atoms with Gasteiger partial charge in [0.25, 0.3) is 11.6 Å². The lowest BCUT2D eigenvalue weighted by molar-refractivity contribution is -0.384. The normalized spacial score (nSPS) is 15.8. The zero-order valence-electron chi connectivity index (χ0n) is 24.9. The molecule has 0 aromatic heterocycles. The van der Waals surface area contributed by atoms with Crippen LogP contribution >= 0.6 is 0 Å². The van der Waals surface area contributed by atoms with Crippen LogP contribution in [0.3, 0.4) is 0 Å². The molecule has 12 heteroatoms. The number of carboxylic acid groups (broad SMARTS) is 2. The lowest BCUT2D eigenvalue weighted by Gasteiger charge is -2.42. The molecule has 1 aromatic carbocycles. The van der Waals surface area contributed by atoms with Crippen LogP contribution in [0.15, 0.2) is 24.3 Å². The molecule has 42 heavy (non-hydrogen) atoms. The molecule has 234 valence electrons. The number of carbonyl (C=O) groups is 4. The zero-order valence-corrected chi connectivity index (χ0v) is 24.9. The van der Waals surface area contributed by atoms with Crippen molar-refractivity contribution in [1.82, 2.24) is 14.7 Å². The van der Waals surface area contributed by atoms with E-state index in [2.05, 4.69) is 23.6 Å². The number of non-ortho nitro benzene ring substituents is 1. The molecule has 0 heterocycles. The number of rotatable bonds is 12. The van der Waals surface area contributed by atoms with Gasteiger partial charge in [-0.1, -0.05) is 52.4 Å². The van der Waals surface area contributed by atoms with E-state index in [-0.39, 0.29) is 36.1 Å². The van der Waals surface area contributed by atoms with Gasteiger partial charge < -0.3 is 24.9 Å². The first kappa shape index (κ1) is 34.7. The van der Waals surface area contributed by atoms with Gasteiger partial charge in [-0.3, -0.25) is 19.7 Å². The number of benzene rings is 1. The number of carboxylic acids is 2. The fourth-order valence-electron chi connectivity index (χ4n) is 5.85. The first-order chi connectivity index (χ1) is 20.1. The van der Waals surface area contributed by atoms with Crippen molar-refractivity contribution < 1.29 is 34.3 Å². The number of nitro groups is 1. The monoisotopic (exact) mass is 590 g/mol. The molecule has 0 saturated heterocycles. The van der Waals surface area contributed by atoms with Crippen molar-refractivity contribution in [3.05, 3.63) is 39.9 Å². The third kappa shape index (κ3) is 11.0. The number of nitro benzene ring substituents is 1. The highest BCUT2D eigenvalue weighted by Crippen LogP contribution is 2.30. The van der Waals surface area contributed by atoms with Gasteiger partial charge in [-0.25, -0.2) is 9.59 Å². The Labute approximate surface area is 247 Å². The molecule has 3 rings (SSSR count). The number of amides is 2. The van der Waals surface area contributed by atoms with E-state index in [1.807, 2.05) is 0 Å². The third-order valence-corrected chi connectivity index (χ3v) is 8.14. The number of hydrogen-bond donors (Lipinski definition) is 2. The Balaban J connectivity index is 0.000000928. The highest BCUT2D eigenvalue weighted by Gasteiger charge is 2.34. The maximum absolute atomic E-state index is 13.9. The van der Waals surface area contributed by atoms with Gasteiger partial charge in [0.2, 0.25) is 5.91 Å². The molecule has 1 aromatic rings. The lowest BCUT2D eigenvalue weighted by Crippen LogP contribution is -2.53. The average molecular weight is 591 g/mol. The molecule has 2 aliphatic rings. The molecule has 12 nitrogen and oxygen atoms in total. The smallest absolute Gasteiger partial charge is 0.414 e. The Morgan fingerprint density at radius 1 is 0.810 bits per heavy atom. The number of carbonyl (C=O) groups excluding carboxylic acids is 2. The molecule has 0 atom stereocenters. The summed E-state index contributed by atoms with van der Waals surface area (Å²) in [5.41, 5.74) is 0.342. The van der Waals surface area contributed by atoms with Crippen LogP contribution in [0, 0.1) is 10.1 Å². The number of aliphatic carboxylic acids is 2. The summed E-state index contributed by atoms with van der Waals surface area (Å²) in [5, 5.41) is 25.8. The van der Waals surface area contributed by atoms with Gasteiger partial charge in [-0.2, -0.15) is 0 Å². The molecule has 2 aliphatic carbocycles. The molecule has 0 aliphatic heterocycles. The van der Waals surface area contributed by atoms with Gasteiger partial charge in [-0.15, -0.1) is 0 Å². The SMILES string of the molecule is CCN(CC)CCCN(CC(=O)N(C1CCCCC1)C1CCCCC1)C(=O)c1ccc([N+](=O)[O-])cc1.O=C(O)C(=O)O. The van der Waals surface area contributed by atoms with E-state index in [1.165, 1.54) is 37.1 Å². The van der Waals surface area contributed by atoms with E-state index in [0.29, 0.717) is 12.1 Å².